The second-order valence-electron chi connectivity index (χ2n) is 4.56. The Morgan fingerprint density at radius 3 is 1.80 bits per heavy atom. The van der Waals surface area contributed by atoms with E-state index in [2.05, 4.69) is 20.8 Å². The lowest BCUT2D eigenvalue weighted by Crippen LogP contribution is -2.64. The molecule has 58 valence electrons. The first-order valence-electron chi connectivity index (χ1n) is 4.31. The molecule has 0 aromatic carbocycles. The highest BCUT2D eigenvalue weighted by Gasteiger charge is 2.67. The average Bonchev–Trinajstić information content (AvgIpc) is 2.28. The van der Waals surface area contributed by atoms with Crippen molar-refractivity contribution in [3.05, 3.63) is 0 Å². The van der Waals surface area contributed by atoms with E-state index in [4.69, 9.17) is 5.73 Å². The molecule has 0 aromatic heterocycles. The molecular weight excluding hydrogens is 122 g/mol. The zero-order chi connectivity index (χ0) is 7.57. The third kappa shape index (κ3) is 0.402. The van der Waals surface area contributed by atoms with E-state index >= 15 is 0 Å². The summed E-state index contributed by atoms with van der Waals surface area (Å²) in [7, 11) is 0. The Labute approximate surface area is 63.0 Å². The maximum absolute atomic E-state index is 6.22. The van der Waals surface area contributed by atoms with Crippen LogP contribution in [0.4, 0.5) is 0 Å². The monoisotopic (exact) mass is 139 g/mol. The minimum absolute atomic E-state index is 0.217. The van der Waals surface area contributed by atoms with Gasteiger partial charge in [-0.1, -0.05) is 20.8 Å². The van der Waals surface area contributed by atoms with Gasteiger partial charge in [-0.15, -0.1) is 0 Å². The fourth-order valence-electron chi connectivity index (χ4n) is 3.23. The van der Waals surface area contributed by atoms with Gasteiger partial charge in [-0.25, -0.2) is 0 Å². The zero-order valence-corrected chi connectivity index (χ0v) is 7.15. The van der Waals surface area contributed by atoms with Crippen LogP contribution >= 0.6 is 0 Å². The highest BCUT2D eigenvalue weighted by Crippen LogP contribution is 2.67. The molecule has 3 aliphatic carbocycles. The van der Waals surface area contributed by atoms with Crippen LogP contribution in [0.5, 0.6) is 0 Å². The van der Waals surface area contributed by atoms with Gasteiger partial charge in [0.1, 0.15) is 0 Å². The van der Waals surface area contributed by atoms with Gasteiger partial charge in [0.05, 0.1) is 0 Å². The van der Waals surface area contributed by atoms with Crippen molar-refractivity contribution in [2.24, 2.45) is 23.0 Å². The molecule has 2 N–H and O–H groups in total. The standard InChI is InChI=1S/C9H17N/c1-6-8(3)4-5-9(6,10)7(8)2/h6-7H,4-5,10H2,1-3H3/t6-,7+,8?,9?. The van der Waals surface area contributed by atoms with Crippen LogP contribution in [0.1, 0.15) is 33.6 Å². The first kappa shape index (κ1) is 6.66. The molecule has 3 rings (SSSR count). The molecule has 0 saturated heterocycles. The van der Waals surface area contributed by atoms with E-state index in [9.17, 15) is 0 Å². The van der Waals surface area contributed by atoms with E-state index in [1.54, 1.807) is 0 Å². The van der Waals surface area contributed by atoms with Crippen molar-refractivity contribution in [1.29, 1.82) is 0 Å². The summed E-state index contributed by atoms with van der Waals surface area (Å²) in [5.41, 5.74) is 7.03. The molecule has 0 spiro atoms. The van der Waals surface area contributed by atoms with Gasteiger partial charge in [0.15, 0.2) is 0 Å². The third-order valence-electron chi connectivity index (χ3n) is 4.69. The number of fused-ring (bicyclic) bond motifs is 1. The van der Waals surface area contributed by atoms with Crippen LogP contribution in [0.3, 0.4) is 0 Å². The van der Waals surface area contributed by atoms with E-state index in [1.807, 2.05) is 0 Å². The summed E-state index contributed by atoms with van der Waals surface area (Å²) < 4.78 is 0. The molecule has 1 nitrogen and oxygen atoms in total. The quantitative estimate of drug-likeness (QED) is 0.544. The Morgan fingerprint density at radius 1 is 1.20 bits per heavy atom. The maximum atomic E-state index is 6.22. The van der Waals surface area contributed by atoms with Crippen LogP contribution in [-0.4, -0.2) is 5.54 Å². The highest BCUT2D eigenvalue weighted by molar-refractivity contribution is 5.21. The predicted molar refractivity (Wildman–Crippen MR) is 42.6 cm³/mol. The van der Waals surface area contributed by atoms with Gasteiger partial charge < -0.3 is 5.73 Å². The Kier molecular flexibility index (Phi) is 0.949. The van der Waals surface area contributed by atoms with Crippen molar-refractivity contribution in [3.63, 3.8) is 0 Å². The van der Waals surface area contributed by atoms with Crippen LogP contribution in [0.25, 0.3) is 0 Å². The van der Waals surface area contributed by atoms with Crippen molar-refractivity contribution in [3.8, 4) is 0 Å². The second-order valence-corrected chi connectivity index (χ2v) is 4.56. The minimum atomic E-state index is 0.217. The average molecular weight is 139 g/mol. The van der Waals surface area contributed by atoms with E-state index in [0.717, 1.165) is 11.8 Å². The van der Waals surface area contributed by atoms with Crippen molar-refractivity contribution in [1.82, 2.24) is 0 Å². The first-order chi connectivity index (χ1) is 4.52. The maximum Gasteiger partial charge on any atom is 0.0217 e. The van der Waals surface area contributed by atoms with E-state index in [1.165, 1.54) is 12.8 Å². The van der Waals surface area contributed by atoms with Gasteiger partial charge in [-0.3, -0.25) is 0 Å². The van der Waals surface area contributed by atoms with E-state index < -0.39 is 0 Å². The van der Waals surface area contributed by atoms with Crippen molar-refractivity contribution in [2.45, 2.75) is 39.2 Å². The minimum Gasteiger partial charge on any atom is -0.325 e. The molecule has 3 aliphatic rings. The number of hydrogen-bond donors (Lipinski definition) is 1. The van der Waals surface area contributed by atoms with Crippen molar-refractivity contribution in [2.75, 3.05) is 0 Å². The summed E-state index contributed by atoms with van der Waals surface area (Å²) in [6, 6.07) is 0. The number of nitrogens with two attached hydrogens (primary N) is 1. The Morgan fingerprint density at radius 2 is 1.70 bits per heavy atom. The van der Waals surface area contributed by atoms with Crippen LogP contribution in [0, 0.1) is 17.3 Å². The summed E-state index contributed by atoms with van der Waals surface area (Å²) in [6.07, 6.45) is 2.61. The molecule has 3 saturated carbocycles. The topological polar surface area (TPSA) is 26.0 Å². The molecule has 3 fully saturated rings. The number of rotatable bonds is 0. The molecule has 4 atom stereocenters. The van der Waals surface area contributed by atoms with Gasteiger partial charge >= 0.3 is 0 Å². The SMILES string of the molecule is C[C@@H]1C2(C)CCC1(N)[C@H]2C. The summed E-state index contributed by atoms with van der Waals surface area (Å²) in [4.78, 5) is 0. The van der Waals surface area contributed by atoms with Gasteiger partial charge in [-0.05, 0) is 30.1 Å². The summed E-state index contributed by atoms with van der Waals surface area (Å²) in [5, 5.41) is 0. The molecule has 0 amide bonds. The highest BCUT2D eigenvalue weighted by atomic mass is 14.9. The Bertz CT molecular complexity index is 146. The Balaban J connectivity index is 2.34. The molecular formula is C9H17N. The van der Waals surface area contributed by atoms with Gasteiger partial charge in [0.25, 0.3) is 0 Å². The molecule has 0 heterocycles. The van der Waals surface area contributed by atoms with Crippen molar-refractivity contribution < 1.29 is 0 Å². The Hall–Kier alpha value is -0.0400. The summed E-state index contributed by atoms with van der Waals surface area (Å²) in [5.74, 6) is 1.52. The molecule has 0 aliphatic heterocycles. The van der Waals surface area contributed by atoms with Gasteiger partial charge in [0.2, 0.25) is 0 Å². The van der Waals surface area contributed by atoms with Crippen LogP contribution in [0.2, 0.25) is 0 Å². The van der Waals surface area contributed by atoms with E-state index in [-0.39, 0.29) is 5.54 Å². The van der Waals surface area contributed by atoms with Gasteiger partial charge in [0, 0.05) is 5.54 Å². The van der Waals surface area contributed by atoms with Crippen molar-refractivity contribution >= 4 is 0 Å². The lowest BCUT2D eigenvalue weighted by atomic mass is 9.51. The largest absolute Gasteiger partial charge is 0.325 e. The fraction of sp³-hybridized carbons (Fsp3) is 1.00. The van der Waals surface area contributed by atoms with Crippen LogP contribution < -0.4 is 5.73 Å². The summed E-state index contributed by atoms with van der Waals surface area (Å²) in [6.45, 7) is 7.01. The zero-order valence-electron chi connectivity index (χ0n) is 7.15. The fourth-order valence-corrected chi connectivity index (χ4v) is 3.23. The summed E-state index contributed by atoms with van der Waals surface area (Å²) >= 11 is 0. The second kappa shape index (κ2) is 1.42. The molecule has 2 unspecified atom stereocenters. The number of hydrogen-bond acceptors (Lipinski definition) is 1. The molecule has 10 heavy (non-hydrogen) atoms. The van der Waals surface area contributed by atoms with Gasteiger partial charge in [-0.2, -0.15) is 0 Å². The van der Waals surface area contributed by atoms with E-state index in [0.29, 0.717) is 5.41 Å². The van der Waals surface area contributed by atoms with Crippen LogP contribution in [-0.2, 0) is 0 Å². The molecule has 1 heteroatoms. The van der Waals surface area contributed by atoms with Crippen LogP contribution in [0.15, 0.2) is 0 Å². The lowest BCUT2D eigenvalue weighted by Gasteiger charge is -2.57. The first-order valence-corrected chi connectivity index (χ1v) is 4.31. The normalized spacial score (nSPS) is 66.0. The lowest BCUT2D eigenvalue weighted by molar-refractivity contribution is -0.0418. The molecule has 0 radical (unpaired) electrons. The third-order valence-corrected chi connectivity index (χ3v) is 4.69. The predicted octanol–water partition coefficient (Wildman–Crippen LogP) is 1.77. The molecule has 0 aromatic rings. The molecule has 2 bridgehead atoms. The smallest absolute Gasteiger partial charge is 0.0217 e.